The Morgan fingerprint density at radius 2 is 1.98 bits per heavy atom. The Bertz CT molecular complexity index is 1310. The van der Waals surface area contributed by atoms with Crippen LogP contribution in [0.3, 0.4) is 0 Å². The number of anilines is 3. The molecule has 8 nitrogen and oxygen atoms in total. The lowest BCUT2D eigenvalue weighted by Crippen LogP contribution is -2.45. The van der Waals surface area contributed by atoms with Gasteiger partial charge in [-0.05, 0) is 67.2 Å². The first-order valence-electron chi connectivity index (χ1n) is 14.1. The third kappa shape index (κ3) is 5.35. The number of likely N-dealkylation sites (tertiary alicyclic amines) is 1. The van der Waals surface area contributed by atoms with Gasteiger partial charge in [0.15, 0.2) is 5.82 Å². The van der Waals surface area contributed by atoms with Crippen molar-refractivity contribution in [3.05, 3.63) is 46.6 Å². The number of carbonyl (C=O) groups is 1. The maximum atomic E-state index is 13.7. The van der Waals surface area contributed by atoms with E-state index in [1.54, 1.807) is 7.11 Å². The largest absolute Gasteiger partial charge is 0.495 e. The van der Waals surface area contributed by atoms with Crippen molar-refractivity contribution < 1.29 is 18.3 Å². The number of nitrogens with one attached hydrogen (secondary N) is 2. The number of rotatable bonds is 7. The lowest BCUT2D eigenvalue weighted by molar-refractivity contribution is -0.122. The van der Waals surface area contributed by atoms with Gasteiger partial charge in [-0.2, -0.15) is 4.98 Å². The van der Waals surface area contributed by atoms with Crippen molar-refractivity contribution in [1.82, 2.24) is 14.9 Å². The fourth-order valence-corrected chi connectivity index (χ4v) is 7.13. The van der Waals surface area contributed by atoms with E-state index in [1.807, 2.05) is 6.07 Å². The predicted octanol–water partition coefficient (Wildman–Crippen LogP) is 4.95. The molecule has 5 atom stereocenters. The van der Waals surface area contributed by atoms with E-state index >= 15 is 0 Å². The summed E-state index contributed by atoms with van der Waals surface area (Å²) in [7, 11) is 1.62. The Morgan fingerprint density at radius 1 is 1.20 bits per heavy atom. The number of allylic oxidation sites excluding steroid dienone is 1. The molecule has 6 rings (SSSR count). The number of carbonyl (C=O) groups excluding carboxylic acids is 1. The number of benzene rings is 1. The second kappa shape index (κ2) is 10.8. The Hall–Kier alpha value is -2.98. The molecule has 2 fully saturated rings. The summed E-state index contributed by atoms with van der Waals surface area (Å²) in [5, 5.41) is 7.02. The number of ether oxygens (including phenoxy) is 1. The minimum absolute atomic E-state index is 0.0671. The number of piperidine rings is 1. The number of aromatic nitrogens is 2. The molecule has 2 heterocycles. The van der Waals surface area contributed by atoms with Gasteiger partial charge < -0.3 is 21.1 Å². The number of primary amides is 1. The first-order valence-corrected chi connectivity index (χ1v) is 14.4. The molecule has 1 aromatic heterocycles. The smallest absolute Gasteiger partial charge is 0.250 e. The SMILES string of the molecule is COc1cc2c(cc1Nc1ncc(Cl)c(N[C@H]3[C@@H](C(N)=O)[C@@H]4C=C[C@H]3C4)n1)CCCC(N1CCC(F)(F)CC1)C2. The number of amides is 1. The minimum Gasteiger partial charge on any atom is -0.495 e. The van der Waals surface area contributed by atoms with Crippen LogP contribution in [0.25, 0.3) is 0 Å². The third-order valence-electron chi connectivity index (χ3n) is 9.09. The zero-order valence-electron chi connectivity index (χ0n) is 22.5. The van der Waals surface area contributed by atoms with Gasteiger partial charge in [0.05, 0.1) is 24.9 Å². The molecule has 0 spiro atoms. The summed E-state index contributed by atoms with van der Waals surface area (Å²) in [5.41, 5.74) is 8.85. The van der Waals surface area contributed by atoms with Crippen molar-refractivity contribution in [2.75, 3.05) is 30.8 Å². The lowest BCUT2D eigenvalue weighted by Gasteiger charge is -2.37. The zero-order valence-corrected chi connectivity index (χ0v) is 23.3. The molecule has 0 radical (unpaired) electrons. The maximum absolute atomic E-state index is 13.7. The zero-order chi connectivity index (χ0) is 28.0. The van der Waals surface area contributed by atoms with Crippen LogP contribution < -0.4 is 21.1 Å². The molecule has 1 aromatic carbocycles. The molecule has 1 amide bonds. The van der Waals surface area contributed by atoms with E-state index in [0.29, 0.717) is 35.6 Å². The van der Waals surface area contributed by atoms with Crippen LogP contribution in [-0.2, 0) is 17.6 Å². The van der Waals surface area contributed by atoms with Gasteiger partial charge >= 0.3 is 0 Å². The molecule has 2 aromatic rings. The van der Waals surface area contributed by atoms with E-state index < -0.39 is 5.92 Å². The molecule has 214 valence electrons. The highest BCUT2D eigenvalue weighted by atomic mass is 35.5. The molecule has 4 N–H and O–H groups in total. The number of methoxy groups -OCH3 is 1. The summed E-state index contributed by atoms with van der Waals surface area (Å²) in [5.74, 6) is -1.40. The predicted molar refractivity (Wildman–Crippen MR) is 150 cm³/mol. The average molecular weight is 573 g/mol. The molecule has 1 saturated carbocycles. The van der Waals surface area contributed by atoms with Gasteiger partial charge in [-0.1, -0.05) is 23.8 Å². The van der Waals surface area contributed by atoms with Gasteiger partial charge in [0.1, 0.15) is 10.8 Å². The number of nitrogens with two attached hydrogens (primary N) is 1. The average Bonchev–Trinajstić information content (AvgIpc) is 3.46. The van der Waals surface area contributed by atoms with E-state index in [1.165, 1.54) is 17.3 Å². The minimum atomic E-state index is -2.54. The van der Waals surface area contributed by atoms with E-state index in [0.717, 1.165) is 37.8 Å². The standard InChI is InChI=1S/C29H35ClF2N6O2/c1-40-23-14-19-12-20(38-9-7-29(31,32)8-10-38)4-2-3-16(19)13-22(23)35-28-34-15-21(30)27(37-28)36-25-18-6-5-17(11-18)24(25)26(33)39/h5-6,13-15,17-18,20,24-25H,2-4,7-12H2,1H3,(H2,33,39)(H2,34,35,36,37)/t17-,18+,20?,24+,25-/m1/s1. The number of hydrogen-bond acceptors (Lipinski definition) is 7. The number of fused-ring (bicyclic) bond motifs is 3. The molecular weight excluding hydrogens is 538 g/mol. The van der Waals surface area contributed by atoms with Crippen LogP contribution in [-0.4, -0.2) is 59.0 Å². The molecule has 3 aliphatic carbocycles. The molecule has 11 heteroatoms. The van der Waals surface area contributed by atoms with Crippen LogP contribution in [0, 0.1) is 17.8 Å². The third-order valence-corrected chi connectivity index (χ3v) is 9.37. The summed E-state index contributed by atoms with van der Waals surface area (Å²) in [6, 6.07) is 4.20. The Kier molecular flexibility index (Phi) is 7.33. The Morgan fingerprint density at radius 3 is 2.73 bits per heavy atom. The molecule has 1 aliphatic heterocycles. The van der Waals surface area contributed by atoms with E-state index in [-0.39, 0.29) is 48.6 Å². The van der Waals surface area contributed by atoms with E-state index in [9.17, 15) is 13.6 Å². The first-order chi connectivity index (χ1) is 19.2. The molecule has 40 heavy (non-hydrogen) atoms. The Balaban J connectivity index is 1.20. The first kappa shape index (κ1) is 27.2. The normalized spacial score (nSPS) is 29.1. The fraction of sp³-hybridized carbons (Fsp3) is 0.552. The van der Waals surface area contributed by atoms with Crippen molar-refractivity contribution in [2.45, 2.75) is 63.0 Å². The van der Waals surface area contributed by atoms with Crippen molar-refractivity contribution in [2.24, 2.45) is 23.5 Å². The highest BCUT2D eigenvalue weighted by Crippen LogP contribution is 2.45. The topological polar surface area (TPSA) is 105 Å². The van der Waals surface area contributed by atoms with Crippen LogP contribution in [0.5, 0.6) is 5.75 Å². The van der Waals surface area contributed by atoms with Crippen LogP contribution in [0.1, 0.15) is 43.2 Å². The van der Waals surface area contributed by atoms with Crippen LogP contribution in [0.15, 0.2) is 30.5 Å². The Labute approximate surface area is 237 Å². The summed E-state index contributed by atoms with van der Waals surface area (Å²) >= 11 is 6.45. The number of halogens is 3. The van der Waals surface area contributed by atoms with Crippen LogP contribution in [0.4, 0.5) is 26.2 Å². The quantitative estimate of drug-likeness (QED) is 0.318. The van der Waals surface area contributed by atoms with Crippen molar-refractivity contribution in [3.63, 3.8) is 0 Å². The highest BCUT2D eigenvalue weighted by Gasteiger charge is 2.47. The number of hydrogen-bond donors (Lipinski definition) is 3. The van der Waals surface area contributed by atoms with Crippen molar-refractivity contribution >= 4 is 35.0 Å². The lowest BCUT2D eigenvalue weighted by atomic mass is 9.88. The molecular formula is C29H35ClF2N6O2. The summed E-state index contributed by atoms with van der Waals surface area (Å²) in [6.45, 7) is 0.875. The summed E-state index contributed by atoms with van der Waals surface area (Å²) < 4.78 is 33.2. The van der Waals surface area contributed by atoms with Crippen molar-refractivity contribution in [3.8, 4) is 5.75 Å². The molecule has 1 unspecified atom stereocenters. The number of nitrogens with zero attached hydrogens (tertiary/aromatic N) is 3. The van der Waals surface area contributed by atoms with Gasteiger partial charge in [0.2, 0.25) is 11.9 Å². The van der Waals surface area contributed by atoms with E-state index in [4.69, 9.17) is 22.1 Å². The van der Waals surface area contributed by atoms with Crippen molar-refractivity contribution in [1.29, 1.82) is 0 Å². The second-order valence-electron chi connectivity index (χ2n) is 11.5. The number of alkyl halides is 2. The van der Waals surface area contributed by atoms with Gasteiger partial charge in [-0.25, -0.2) is 13.8 Å². The maximum Gasteiger partial charge on any atom is 0.250 e. The fourth-order valence-electron chi connectivity index (χ4n) is 6.98. The van der Waals surface area contributed by atoms with Gasteiger partial charge in [0, 0.05) is 38.0 Å². The highest BCUT2D eigenvalue weighted by molar-refractivity contribution is 6.32. The van der Waals surface area contributed by atoms with Gasteiger partial charge in [0.25, 0.3) is 5.92 Å². The second-order valence-corrected chi connectivity index (χ2v) is 11.9. The monoisotopic (exact) mass is 572 g/mol. The van der Waals surface area contributed by atoms with Gasteiger partial charge in [-0.3, -0.25) is 9.69 Å². The molecule has 4 aliphatic rings. The van der Waals surface area contributed by atoms with Crippen LogP contribution >= 0.6 is 11.6 Å². The summed E-state index contributed by atoms with van der Waals surface area (Å²) in [4.78, 5) is 23.4. The summed E-state index contributed by atoms with van der Waals surface area (Å²) in [6.07, 6.45) is 10.2. The van der Waals surface area contributed by atoms with Crippen LogP contribution in [0.2, 0.25) is 5.02 Å². The molecule has 2 bridgehead atoms. The number of aryl methyl sites for hydroxylation is 1. The molecule has 1 saturated heterocycles. The van der Waals surface area contributed by atoms with E-state index in [2.05, 4.69) is 43.7 Å². The van der Waals surface area contributed by atoms with Gasteiger partial charge in [-0.15, -0.1) is 0 Å².